The van der Waals surface area contributed by atoms with Gasteiger partial charge in [-0.05, 0) is 131 Å². The van der Waals surface area contributed by atoms with Crippen LogP contribution in [0, 0.1) is 0 Å². The standard InChI is InChI=1S/C37H24N2O.C36H23N3O.C35H22N2S.2CH4/c1-4-12-25(13-5-1)29-22-31(26-14-6-2-7-15-26)38-35(24-29)39-32-19-11-10-18-30(32)36-33(39)21-20-28-23-34(40-37(28)36)27-16-8-3-9-17-27;1-4-12-24(13-5-1)29-23-30(25-14-6-2-7-15-25)38-36(37-29)39-31-19-11-10-18-28(31)34-32(39)21-20-27-22-33(40-35(27)34)26-16-8-3-9-17-26;1-2-9-23(10-3-1)33-21-26-17-18-32-34(35(26)38-33)29-15-6-7-16-31(29)37(32)28-14-8-13-25(19-28)30-20-24-11-4-5-12-27(24)22-36-30;;/h1-24H;1-23H;1-22H;2*1H4. The molecule has 570 valence electrons. The lowest BCUT2D eigenvalue weighted by Gasteiger charge is -2.13. The van der Waals surface area contributed by atoms with Gasteiger partial charge in [0.05, 0.1) is 66.6 Å². The van der Waals surface area contributed by atoms with Gasteiger partial charge in [0.2, 0.25) is 5.95 Å². The summed E-state index contributed by atoms with van der Waals surface area (Å²) in [6, 6.07) is 144. The van der Waals surface area contributed by atoms with E-state index in [4.69, 9.17) is 28.8 Å². The first-order valence-electron chi connectivity index (χ1n) is 39.6. The minimum absolute atomic E-state index is 0. The molecule has 9 heterocycles. The molecular formula is C110H77N7O2S. The predicted octanol–water partition coefficient (Wildman–Crippen LogP) is 30.4. The number of rotatable bonds is 11. The van der Waals surface area contributed by atoms with E-state index >= 15 is 0 Å². The fourth-order valence-electron chi connectivity index (χ4n) is 16.9. The molecule has 120 heavy (non-hydrogen) atoms. The number of aromatic nitrogens is 7. The summed E-state index contributed by atoms with van der Waals surface area (Å²) in [5, 5.41) is 12.8. The van der Waals surface area contributed by atoms with Gasteiger partial charge in [-0.25, -0.2) is 15.0 Å². The van der Waals surface area contributed by atoms with E-state index in [0.29, 0.717) is 5.95 Å². The predicted molar refractivity (Wildman–Crippen MR) is 503 cm³/mol. The molecule has 24 aromatic rings. The molecule has 15 aromatic carbocycles. The van der Waals surface area contributed by atoms with Crippen LogP contribution in [0.25, 0.3) is 215 Å². The average Bonchev–Trinajstić information content (AvgIpc) is 1.58. The van der Waals surface area contributed by atoms with E-state index in [1.165, 1.54) is 47.7 Å². The Hall–Kier alpha value is -15.6. The first kappa shape index (κ1) is 73.3. The number of hydrogen-bond donors (Lipinski definition) is 0. The van der Waals surface area contributed by atoms with E-state index in [1.807, 2.05) is 96.4 Å². The Morgan fingerprint density at radius 2 is 0.658 bits per heavy atom. The summed E-state index contributed by atoms with van der Waals surface area (Å²) in [6.07, 6.45) is 1.97. The zero-order chi connectivity index (χ0) is 78.0. The summed E-state index contributed by atoms with van der Waals surface area (Å²) in [5.41, 5.74) is 23.2. The molecule has 24 rings (SSSR count). The van der Waals surface area contributed by atoms with Crippen molar-refractivity contribution in [2.75, 3.05) is 0 Å². The van der Waals surface area contributed by atoms with Crippen LogP contribution >= 0.6 is 11.3 Å². The minimum Gasteiger partial charge on any atom is -0.455 e. The van der Waals surface area contributed by atoms with Crippen molar-refractivity contribution in [3.63, 3.8) is 0 Å². The Morgan fingerprint density at radius 3 is 1.20 bits per heavy atom. The Labute approximate surface area is 697 Å². The van der Waals surface area contributed by atoms with Gasteiger partial charge in [-0.3, -0.25) is 14.1 Å². The molecule has 0 saturated carbocycles. The monoisotopic (exact) mass is 1560 g/mol. The Kier molecular flexibility index (Phi) is 19.0. The van der Waals surface area contributed by atoms with Crippen LogP contribution in [0.2, 0.25) is 0 Å². The van der Waals surface area contributed by atoms with Crippen LogP contribution in [0.3, 0.4) is 0 Å². The molecule has 0 atom stereocenters. The number of hydrogen-bond acceptors (Lipinski definition) is 7. The smallest absolute Gasteiger partial charge is 0.235 e. The molecule has 0 aliphatic carbocycles. The molecule has 10 heteroatoms. The van der Waals surface area contributed by atoms with Crippen molar-refractivity contribution in [1.82, 2.24) is 33.6 Å². The van der Waals surface area contributed by atoms with E-state index < -0.39 is 0 Å². The maximum atomic E-state index is 6.58. The van der Waals surface area contributed by atoms with Gasteiger partial charge in [-0.15, -0.1) is 11.3 Å². The summed E-state index contributed by atoms with van der Waals surface area (Å²) in [6.45, 7) is 0. The molecule has 9 nitrogen and oxygen atoms in total. The van der Waals surface area contributed by atoms with Crippen molar-refractivity contribution in [3.05, 3.63) is 419 Å². The van der Waals surface area contributed by atoms with Gasteiger partial charge in [0.25, 0.3) is 0 Å². The first-order chi connectivity index (χ1) is 58.5. The van der Waals surface area contributed by atoms with E-state index in [-0.39, 0.29) is 14.9 Å². The third-order valence-electron chi connectivity index (χ3n) is 22.4. The highest BCUT2D eigenvalue weighted by Crippen LogP contribution is 2.46. The quantitative estimate of drug-likeness (QED) is 0.128. The highest BCUT2D eigenvalue weighted by atomic mass is 32.1. The van der Waals surface area contributed by atoms with Crippen molar-refractivity contribution >= 4 is 120 Å². The fraction of sp³-hybridized carbons (Fsp3) is 0.0182. The van der Waals surface area contributed by atoms with Gasteiger partial charge >= 0.3 is 0 Å². The number of benzene rings is 15. The van der Waals surface area contributed by atoms with Gasteiger partial charge < -0.3 is 13.4 Å². The van der Waals surface area contributed by atoms with Gasteiger partial charge in [0.15, 0.2) is 0 Å². The van der Waals surface area contributed by atoms with E-state index in [0.717, 1.165) is 161 Å². The summed E-state index contributed by atoms with van der Waals surface area (Å²) in [4.78, 5) is 21.6. The molecule has 0 unspecified atom stereocenters. The van der Waals surface area contributed by atoms with Crippen LogP contribution in [-0.4, -0.2) is 33.6 Å². The Bertz CT molecular complexity index is 7480. The molecule has 0 spiro atoms. The third-order valence-corrected chi connectivity index (χ3v) is 23.7. The second-order valence-electron chi connectivity index (χ2n) is 29.6. The summed E-state index contributed by atoms with van der Waals surface area (Å²) < 4.78 is 21.3. The van der Waals surface area contributed by atoms with Crippen molar-refractivity contribution < 1.29 is 8.83 Å². The molecule has 9 aromatic heterocycles. The van der Waals surface area contributed by atoms with E-state index in [9.17, 15) is 0 Å². The van der Waals surface area contributed by atoms with Crippen LogP contribution in [0.15, 0.2) is 428 Å². The normalized spacial score (nSPS) is 11.4. The maximum absolute atomic E-state index is 6.58. The van der Waals surface area contributed by atoms with Crippen molar-refractivity contribution in [2.24, 2.45) is 0 Å². The summed E-state index contributed by atoms with van der Waals surface area (Å²) >= 11 is 1.88. The molecule has 0 aliphatic heterocycles. The van der Waals surface area contributed by atoms with Crippen LogP contribution in [0.5, 0.6) is 0 Å². The fourth-order valence-corrected chi connectivity index (χ4v) is 18.1. The summed E-state index contributed by atoms with van der Waals surface area (Å²) in [7, 11) is 0. The largest absolute Gasteiger partial charge is 0.455 e. The second kappa shape index (κ2) is 31.2. The molecule has 0 N–H and O–H groups in total. The third kappa shape index (κ3) is 13.2. The lowest BCUT2D eigenvalue weighted by atomic mass is 10.0. The van der Waals surface area contributed by atoms with Gasteiger partial charge in [-0.2, -0.15) is 0 Å². The molecule has 0 radical (unpaired) electrons. The number of nitrogens with zero attached hydrogens (tertiary/aromatic N) is 7. The number of pyridine rings is 2. The van der Waals surface area contributed by atoms with Crippen molar-refractivity contribution in [3.8, 4) is 107 Å². The Balaban J connectivity index is 0.000000114. The van der Waals surface area contributed by atoms with Gasteiger partial charge in [-0.1, -0.05) is 324 Å². The van der Waals surface area contributed by atoms with E-state index in [2.05, 4.69) is 347 Å². The van der Waals surface area contributed by atoms with E-state index in [1.54, 1.807) is 0 Å². The Morgan fingerprint density at radius 1 is 0.242 bits per heavy atom. The number of fused-ring (bicyclic) bond motifs is 16. The minimum atomic E-state index is 0. The highest BCUT2D eigenvalue weighted by Gasteiger charge is 2.25. The van der Waals surface area contributed by atoms with Crippen molar-refractivity contribution in [2.45, 2.75) is 14.9 Å². The maximum Gasteiger partial charge on any atom is 0.235 e. The molecule has 0 saturated heterocycles. The lowest BCUT2D eigenvalue weighted by molar-refractivity contribution is 0.635. The highest BCUT2D eigenvalue weighted by molar-refractivity contribution is 7.23. The number of para-hydroxylation sites is 3. The molecule has 0 amide bonds. The van der Waals surface area contributed by atoms with Crippen LogP contribution in [-0.2, 0) is 0 Å². The van der Waals surface area contributed by atoms with Crippen LogP contribution in [0.1, 0.15) is 14.9 Å². The first-order valence-corrected chi connectivity index (χ1v) is 40.4. The zero-order valence-corrected chi connectivity index (χ0v) is 64.5. The van der Waals surface area contributed by atoms with Crippen molar-refractivity contribution in [1.29, 1.82) is 0 Å². The molecule has 0 aliphatic rings. The lowest BCUT2D eigenvalue weighted by Crippen LogP contribution is -2.03. The van der Waals surface area contributed by atoms with Crippen LogP contribution in [0.4, 0.5) is 0 Å². The van der Waals surface area contributed by atoms with Gasteiger partial charge in [0, 0.05) is 92.5 Å². The van der Waals surface area contributed by atoms with Crippen LogP contribution < -0.4 is 0 Å². The molecular weight excluding hydrogens is 1480 g/mol. The van der Waals surface area contributed by atoms with Gasteiger partial charge in [0.1, 0.15) is 28.5 Å². The number of thiophene rings is 1. The zero-order valence-electron chi connectivity index (χ0n) is 63.7. The topological polar surface area (TPSA) is 92.6 Å². The second-order valence-corrected chi connectivity index (χ2v) is 30.6. The molecule has 0 fully saturated rings. The average molecular weight is 1560 g/mol. The summed E-state index contributed by atoms with van der Waals surface area (Å²) in [5.74, 6) is 3.23. The molecule has 0 bridgehead atoms. The SMILES string of the molecule is C.C.c1ccc(-c2cc(-c3ccccc3)nc(-n3c4ccccc4c4c5oc(-c6ccccc6)cc5ccc43)c2)cc1.c1ccc(-c2cc(-c3ccccc3)nc(-n3c4ccccc4c4c5oc(-c6ccccc6)cc5ccc43)n2)cc1.c1ccc(-c2cc3ccc4c(c5ccccc5n4-c4cccc(-c5cc6ccccc6cn5)c4)c3s2)cc1. The number of furan rings is 2.